The molecule has 42 heavy (non-hydrogen) atoms. The molecule has 0 amide bonds. The number of piperazine rings is 1. The fraction of sp³-hybridized carbons (Fsp3) is 0.312. The molecule has 0 aliphatic carbocycles. The van der Waals surface area contributed by atoms with Gasteiger partial charge in [-0.25, -0.2) is 13.6 Å². The van der Waals surface area contributed by atoms with Crippen LogP contribution in [-0.4, -0.2) is 59.8 Å². The van der Waals surface area contributed by atoms with Crippen molar-refractivity contribution in [3.05, 3.63) is 98.8 Å². The number of hydrogen-bond donors (Lipinski definition) is 1. The summed E-state index contributed by atoms with van der Waals surface area (Å²) in [6.07, 6.45) is 4.84. The molecule has 1 aromatic heterocycles. The van der Waals surface area contributed by atoms with Crippen molar-refractivity contribution in [1.29, 1.82) is 0 Å². The Kier molecular flexibility index (Phi) is 7.88. The Morgan fingerprint density at radius 3 is 2.24 bits per heavy atom. The number of likely N-dealkylation sites (tertiary alicyclic amines) is 1. The van der Waals surface area contributed by atoms with E-state index in [1.165, 1.54) is 24.8 Å². The zero-order valence-electron chi connectivity index (χ0n) is 23.0. The largest absolute Gasteiger partial charge is 0.477 e. The smallest absolute Gasteiger partial charge is 0.341 e. The number of carbonyl (C=O) groups is 1. The maximum Gasteiger partial charge on any atom is 0.341 e. The Morgan fingerprint density at radius 2 is 1.55 bits per heavy atom. The Balaban J connectivity index is 1.40. The van der Waals surface area contributed by atoms with Crippen LogP contribution in [0.15, 0.2) is 65.6 Å². The zero-order chi connectivity index (χ0) is 29.4. The molecular weight excluding hydrogens is 562 g/mol. The molecule has 0 saturated carbocycles. The number of nitrogens with zero attached hydrogens (tertiary/aromatic N) is 4. The van der Waals surface area contributed by atoms with Gasteiger partial charge in [-0.15, -0.1) is 0 Å². The molecule has 1 N–H and O–H groups in total. The highest BCUT2D eigenvalue weighted by Gasteiger charge is 2.27. The molecule has 6 rings (SSSR count). The minimum atomic E-state index is -1.39. The van der Waals surface area contributed by atoms with Crippen LogP contribution in [0.1, 0.15) is 35.2 Å². The maximum absolute atomic E-state index is 15.7. The van der Waals surface area contributed by atoms with Gasteiger partial charge in [0.15, 0.2) is 0 Å². The topological polar surface area (TPSA) is 69.0 Å². The lowest BCUT2D eigenvalue weighted by Crippen LogP contribution is -2.47. The second-order valence-electron chi connectivity index (χ2n) is 10.9. The first kappa shape index (κ1) is 28.2. The van der Waals surface area contributed by atoms with Crippen LogP contribution in [-0.2, 0) is 6.54 Å². The highest BCUT2D eigenvalue weighted by molar-refractivity contribution is 6.38. The summed E-state index contributed by atoms with van der Waals surface area (Å²) in [7, 11) is 0. The average molecular weight is 593 g/mol. The number of piperidine rings is 1. The number of benzene rings is 3. The number of aromatic carboxylic acids is 1. The van der Waals surface area contributed by atoms with Crippen molar-refractivity contribution in [2.45, 2.75) is 25.8 Å². The second kappa shape index (κ2) is 11.7. The van der Waals surface area contributed by atoms with Crippen molar-refractivity contribution in [3.63, 3.8) is 0 Å². The van der Waals surface area contributed by atoms with Gasteiger partial charge in [-0.2, -0.15) is 0 Å². The maximum atomic E-state index is 15.7. The number of pyridine rings is 1. The minimum absolute atomic E-state index is 0.0516. The molecule has 3 aromatic carbocycles. The van der Waals surface area contributed by atoms with Crippen LogP contribution in [0.3, 0.4) is 0 Å². The van der Waals surface area contributed by atoms with Crippen molar-refractivity contribution in [2.24, 2.45) is 0 Å². The Hall–Kier alpha value is -3.95. The third-order valence-electron chi connectivity index (χ3n) is 8.22. The Labute approximate surface area is 247 Å². The second-order valence-corrected chi connectivity index (χ2v) is 11.3. The van der Waals surface area contributed by atoms with Gasteiger partial charge in [0.2, 0.25) is 5.43 Å². The summed E-state index contributed by atoms with van der Waals surface area (Å²) in [5.41, 5.74) is 1.75. The number of carboxylic acids is 1. The third-order valence-corrected chi connectivity index (χ3v) is 8.58. The summed E-state index contributed by atoms with van der Waals surface area (Å²) in [6, 6.07) is 15.1. The molecule has 0 spiro atoms. The van der Waals surface area contributed by atoms with Crippen LogP contribution in [0.25, 0.3) is 16.6 Å². The fourth-order valence-electron chi connectivity index (χ4n) is 6.07. The van der Waals surface area contributed by atoms with E-state index in [2.05, 4.69) is 9.80 Å². The number of hydrogen-bond acceptors (Lipinski definition) is 5. The molecule has 2 aliphatic rings. The molecule has 0 radical (unpaired) electrons. The number of aromatic nitrogens is 1. The normalized spacial score (nSPS) is 16.3. The quantitative estimate of drug-likeness (QED) is 0.299. The van der Waals surface area contributed by atoms with Gasteiger partial charge in [-0.1, -0.05) is 30.2 Å². The van der Waals surface area contributed by atoms with Gasteiger partial charge in [0.1, 0.15) is 17.2 Å². The molecular formula is C32H31ClF2N4O3. The molecule has 0 unspecified atom stereocenters. The van der Waals surface area contributed by atoms with Crippen LogP contribution in [0.2, 0.25) is 5.02 Å². The monoisotopic (exact) mass is 592 g/mol. The summed E-state index contributed by atoms with van der Waals surface area (Å²) in [6.45, 7) is 4.81. The van der Waals surface area contributed by atoms with E-state index in [0.29, 0.717) is 31.9 Å². The van der Waals surface area contributed by atoms with E-state index in [1.54, 1.807) is 16.7 Å². The van der Waals surface area contributed by atoms with Crippen molar-refractivity contribution < 1.29 is 18.7 Å². The van der Waals surface area contributed by atoms with Crippen LogP contribution < -0.4 is 15.2 Å². The van der Waals surface area contributed by atoms with Gasteiger partial charge in [0.05, 0.1) is 21.6 Å². The summed E-state index contributed by atoms with van der Waals surface area (Å²) >= 11 is 6.95. The van der Waals surface area contributed by atoms with Crippen molar-refractivity contribution in [1.82, 2.24) is 9.47 Å². The van der Waals surface area contributed by atoms with Crippen molar-refractivity contribution in [2.75, 3.05) is 49.1 Å². The van der Waals surface area contributed by atoms with Crippen molar-refractivity contribution >= 4 is 39.8 Å². The Bertz CT molecular complexity index is 1700. The van der Waals surface area contributed by atoms with Crippen molar-refractivity contribution in [3.8, 4) is 5.69 Å². The highest BCUT2D eigenvalue weighted by atomic mass is 35.5. The molecule has 7 nitrogen and oxygen atoms in total. The number of rotatable bonds is 6. The average Bonchev–Trinajstić information content (AvgIpc) is 2.99. The minimum Gasteiger partial charge on any atom is -0.477 e. The van der Waals surface area contributed by atoms with Crippen LogP contribution in [0.5, 0.6) is 0 Å². The number of carboxylic acid groups (broad SMARTS) is 1. The van der Waals surface area contributed by atoms with Crippen LogP contribution >= 0.6 is 11.6 Å². The molecule has 3 heterocycles. The predicted octanol–water partition coefficient (Wildman–Crippen LogP) is 5.93. The molecule has 218 valence electrons. The lowest BCUT2D eigenvalue weighted by molar-refractivity contribution is 0.0695. The zero-order valence-corrected chi connectivity index (χ0v) is 23.8. The molecule has 10 heteroatoms. The summed E-state index contributed by atoms with van der Waals surface area (Å²) < 4.78 is 30.7. The molecule has 0 atom stereocenters. The van der Waals surface area contributed by atoms with Gasteiger partial charge >= 0.3 is 5.97 Å². The van der Waals surface area contributed by atoms with E-state index in [-0.39, 0.29) is 27.4 Å². The molecule has 2 aliphatic heterocycles. The Morgan fingerprint density at radius 1 is 0.857 bits per heavy atom. The van der Waals surface area contributed by atoms with Gasteiger partial charge in [-0.05, 0) is 74.0 Å². The standard InChI is InChI=1S/C32H31ClF2N4O3/c33-28-29-25(18-27(35)30(28)38-15-13-37(14-16-38)23-9-7-22(34)8-10-23)31(40)26(32(41)42)20-39(29)24-6-4-5-21(17-24)19-36-11-2-1-3-12-36/h4-10,17-18,20H,1-3,11-16,19H2,(H,41,42). The van der Waals surface area contributed by atoms with Crippen LogP contribution in [0, 0.1) is 11.6 Å². The first-order chi connectivity index (χ1) is 20.3. The van der Waals surface area contributed by atoms with Gasteiger partial charge in [-0.3, -0.25) is 9.69 Å². The SMILES string of the molecule is O=C(O)c1cn(-c2cccc(CN3CCCCC3)c2)c2c(Cl)c(N3CCN(c4ccc(F)cc4)CC3)c(F)cc2c1=O. The lowest BCUT2D eigenvalue weighted by atomic mass is 10.1. The molecule has 0 bridgehead atoms. The van der Waals surface area contributed by atoms with Crippen LogP contribution in [0.4, 0.5) is 20.2 Å². The van der Waals surface area contributed by atoms with E-state index in [9.17, 15) is 19.1 Å². The van der Waals surface area contributed by atoms with Gasteiger partial charge in [0, 0.05) is 50.3 Å². The first-order valence-corrected chi connectivity index (χ1v) is 14.6. The number of fused-ring (bicyclic) bond motifs is 1. The molecule has 2 fully saturated rings. The summed E-state index contributed by atoms with van der Waals surface area (Å²) in [5.74, 6) is -2.39. The number of anilines is 2. The van der Waals surface area contributed by atoms with E-state index in [1.807, 2.05) is 29.2 Å². The van der Waals surface area contributed by atoms with Gasteiger partial charge in [0.25, 0.3) is 0 Å². The summed E-state index contributed by atoms with van der Waals surface area (Å²) in [5, 5.41) is 9.78. The first-order valence-electron chi connectivity index (χ1n) is 14.2. The highest BCUT2D eigenvalue weighted by Crippen LogP contribution is 2.37. The lowest BCUT2D eigenvalue weighted by Gasteiger charge is -2.38. The summed E-state index contributed by atoms with van der Waals surface area (Å²) in [4.78, 5) is 31.6. The van der Waals surface area contributed by atoms with E-state index >= 15 is 4.39 Å². The molecule has 2 saturated heterocycles. The molecule has 4 aromatic rings. The van der Waals surface area contributed by atoms with E-state index < -0.39 is 22.8 Å². The number of halogens is 3. The van der Waals surface area contributed by atoms with Gasteiger partial charge < -0.3 is 19.5 Å². The van der Waals surface area contributed by atoms with E-state index in [0.717, 1.165) is 49.8 Å². The fourth-order valence-corrected chi connectivity index (χ4v) is 6.47. The third kappa shape index (κ3) is 5.46. The van der Waals surface area contributed by atoms with E-state index in [4.69, 9.17) is 11.6 Å². The predicted molar refractivity (Wildman–Crippen MR) is 161 cm³/mol.